The third-order valence-electron chi connectivity index (χ3n) is 3.91. The molecule has 0 spiro atoms. The lowest BCUT2D eigenvalue weighted by Crippen LogP contribution is -2.26. The molecule has 1 aromatic carbocycles. The third kappa shape index (κ3) is 4.62. The molecule has 0 aliphatic heterocycles. The summed E-state index contributed by atoms with van der Waals surface area (Å²) >= 11 is 3.14. The van der Waals surface area contributed by atoms with Crippen molar-refractivity contribution < 1.29 is 18.3 Å². The number of hydrogen-bond donors (Lipinski definition) is 1. The highest BCUT2D eigenvalue weighted by molar-refractivity contribution is 9.10. The molecule has 11 heteroatoms. The highest BCUT2D eigenvalue weighted by Gasteiger charge is 2.16. The van der Waals surface area contributed by atoms with Gasteiger partial charge in [-0.2, -0.15) is 4.98 Å². The van der Waals surface area contributed by atoms with Crippen LogP contribution in [0.25, 0.3) is 0 Å². The van der Waals surface area contributed by atoms with Gasteiger partial charge in [0.25, 0.3) is 11.5 Å². The standard InChI is InChI=1S/C18H14BrF2N5O3/c1-9-24-17(29-8-10-2-3-11(20)6-13(10)21)14(19)18(28)26(9)7-12-4-5-23-16(25-12)15(22)27/h2-6H,7-8H2,1H3,(H2,22,27). The Balaban J connectivity index is 1.85. The van der Waals surface area contributed by atoms with Gasteiger partial charge in [0, 0.05) is 17.8 Å². The Labute approximate surface area is 171 Å². The van der Waals surface area contributed by atoms with Crippen LogP contribution in [0.1, 0.15) is 27.7 Å². The minimum absolute atomic E-state index is 0.0198. The van der Waals surface area contributed by atoms with Crippen LogP contribution in [0.15, 0.2) is 39.7 Å². The van der Waals surface area contributed by atoms with Gasteiger partial charge in [0.05, 0.1) is 12.2 Å². The van der Waals surface area contributed by atoms with E-state index in [0.29, 0.717) is 11.5 Å². The van der Waals surface area contributed by atoms with E-state index in [1.54, 1.807) is 6.92 Å². The summed E-state index contributed by atoms with van der Waals surface area (Å²) in [5.41, 5.74) is 5.19. The van der Waals surface area contributed by atoms with E-state index in [4.69, 9.17) is 10.5 Å². The van der Waals surface area contributed by atoms with Gasteiger partial charge in [-0.25, -0.2) is 18.7 Å². The van der Waals surface area contributed by atoms with Gasteiger partial charge in [-0.1, -0.05) is 0 Å². The van der Waals surface area contributed by atoms with Gasteiger partial charge >= 0.3 is 0 Å². The number of hydrogen-bond acceptors (Lipinski definition) is 6. The molecular weight excluding hydrogens is 452 g/mol. The number of carbonyl (C=O) groups is 1. The number of aryl methyl sites for hydroxylation is 1. The van der Waals surface area contributed by atoms with Gasteiger partial charge in [-0.3, -0.25) is 14.2 Å². The molecule has 2 N–H and O–H groups in total. The second kappa shape index (κ2) is 8.43. The molecule has 0 saturated heterocycles. The van der Waals surface area contributed by atoms with Crippen LogP contribution in [0.2, 0.25) is 0 Å². The lowest BCUT2D eigenvalue weighted by Gasteiger charge is -2.13. The summed E-state index contributed by atoms with van der Waals surface area (Å²) < 4.78 is 33.5. The molecule has 150 valence electrons. The summed E-state index contributed by atoms with van der Waals surface area (Å²) in [6.07, 6.45) is 1.36. The summed E-state index contributed by atoms with van der Waals surface area (Å²) in [5.74, 6) is -2.15. The Morgan fingerprint density at radius 2 is 2.03 bits per heavy atom. The van der Waals surface area contributed by atoms with Crippen LogP contribution in [-0.4, -0.2) is 25.4 Å². The first kappa shape index (κ1) is 20.5. The molecule has 0 aliphatic carbocycles. The zero-order chi connectivity index (χ0) is 21.1. The molecule has 0 unspecified atom stereocenters. The summed E-state index contributed by atoms with van der Waals surface area (Å²) in [5, 5.41) is 0. The number of rotatable bonds is 6. The van der Waals surface area contributed by atoms with Crippen molar-refractivity contribution in [3.8, 4) is 5.88 Å². The largest absolute Gasteiger partial charge is 0.472 e. The maximum Gasteiger partial charge on any atom is 0.286 e. The van der Waals surface area contributed by atoms with Crippen molar-refractivity contribution in [2.24, 2.45) is 5.73 Å². The lowest BCUT2D eigenvalue weighted by atomic mass is 10.2. The van der Waals surface area contributed by atoms with Crippen molar-refractivity contribution >= 4 is 21.8 Å². The Morgan fingerprint density at radius 1 is 1.28 bits per heavy atom. The molecule has 0 fully saturated rings. The number of nitrogens with zero attached hydrogens (tertiary/aromatic N) is 4. The number of benzene rings is 1. The zero-order valence-corrected chi connectivity index (χ0v) is 16.6. The highest BCUT2D eigenvalue weighted by Crippen LogP contribution is 2.21. The molecule has 3 rings (SSSR count). The zero-order valence-electron chi connectivity index (χ0n) is 15.0. The van der Waals surface area contributed by atoms with Gasteiger partial charge < -0.3 is 10.5 Å². The van der Waals surface area contributed by atoms with Crippen molar-refractivity contribution in [3.05, 3.63) is 79.8 Å². The smallest absolute Gasteiger partial charge is 0.286 e. The maximum absolute atomic E-state index is 13.7. The van der Waals surface area contributed by atoms with Gasteiger partial charge in [0.1, 0.15) is 28.5 Å². The van der Waals surface area contributed by atoms with Crippen molar-refractivity contribution in [2.45, 2.75) is 20.1 Å². The van der Waals surface area contributed by atoms with Crippen molar-refractivity contribution in [2.75, 3.05) is 0 Å². The quantitative estimate of drug-likeness (QED) is 0.596. The fourth-order valence-electron chi connectivity index (χ4n) is 2.44. The molecule has 8 nitrogen and oxygen atoms in total. The minimum atomic E-state index is -0.785. The first-order valence-electron chi connectivity index (χ1n) is 8.21. The predicted molar refractivity (Wildman–Crippen MR) is 101 cm³/mol. The van der Waals surface area contributed by atoms with Crippen LogP contribution >= 0.6 is 15.9 Å². The average Bonchev–Trinajstić information content (AvgIpc) is 2.68. The molecule has 2 heterocycles. The number of primary amides is 1. The average molecular weight is 466 g/mol. The molecule has 29 heavy (non-hydrogen) atoms. The summed E-state index contributed by atoms with van der Waals surface area (Å²) in [4.78, 5) is 35.9. The Hall–Kier alpha value is -3.21. The SMILES string of the molecule is Cc1nc(OCc2ccc(F)cc2F)c(Br)c(=O)n1Cc1ccnc(C(N)=O)n1. The molecule has 0 aliphatic rings. The van der Waals surface area contributed by atoms with Gasteiger partial charge in [0.15, 0.2) is 0 Å². The van der Waals surface area contributed by atoms with Crippen LogP contribution in [0, 0.1) is 18.6 Å². The van der Waals surface area contributed by atoms with Crippen molar-refractivity contribution in [1.29, 1.82) is 0 Å². The number of carbonyl (C=O) groups excluding carboxylic acids is 1. The second-order valence-corrected chi connectivity index (χ2v) is 6.72. The number of amides is 1. The van der Waals surface area contributed by atoms with E-state index in [-0.39, 0.29) is 34.9 Å². The van der Waals surface area contributed by atoms with E-state index in [1.807, 2.05) is 0 Å². The van der Waals surface area contributed by atoms with E-state index in [0.717, 1.165) is 12.1 Å². The number of ether oxygens (including phenoxy) is 1. The maximum atomic E-state index is 13.7. The minimum Gasteiger partial charge on any atom is -0.472 e. The fourth-order valence-corrected chi connectivity index (χ4v) is 2.86. The summed E-state index contributed by atoms with van der Waals surface area (Å²) in [7, 11) is 0. The van der Waals surface area contributed by atoms with Gasteiger partial charge in [-0.15, -0.1) is 0 Å². The molecule has 1 amide bonds. The van der Waals surface area contributed by atoms with Gasteiger partial charge in [0.2, 0.25) is 11.7 Å². The Kier molecular flexibility index (Phi) is 5.97. The molecular formula is C18H14BrF2N5O3. The van der Waals surface area contributed by atoms with E-state index < -0.39 is 23.1 Å². The molecule has 0 radical (unpaired) electrons. The number of aromatic nitrogens is 4. The van der Waals surface area contributed by atoms with E-state index in [9.17, 15) is 18.4 Å². The van der Waals surface area contributed by atoms with Crippen LogP contribution < -0.4 is 16.0 Å². The first-order valence-corrected chi connectivity index (χ1v) is 9.01. The summed E-state index contributed by atoms with van der Waals surface area (Å²) in [6.45, 7) is 1.36. The Morgan fingerprint density at radius 3 is 2.72 bits per heavy atom. The van der Waals surface area contributed by atoms with Crippen LogP contribution in [0.4, 0.5) is 8.78 Å². The predicted octanol–water partition coefficient (Wildman–Crippen LogP) is 2.11. The number of halogens is 3. The first-order chi connectivity index (χ1) is 13.8. The van der Waals surface area contributed by atoms with Crippen LogP contribution in [-0.2, 0) is 13.2 Å². The van der Waals surface area contributed by atoms with Crippen molar-refractivity contribution in [1.82, 2.24) is 19.5 Å². The van der Waals surface area contributed by atoms with Crippen molar-refractivity contribution in [3.63, 3.8) is 0 Å². The molecule has 2 aromatic heterocycles. The molecule has 0 bridgehead atoms. The fraction of sp³-hybridized carbons (Fsp3) is 0.167. The van der Waals surface area contributed by atoms with E-state index in [2.05, 4.69) is 30.9 Å². The normalized spacial score (nSPS) is 10.8. The van der Waals surface area contributed by atoms with Crippen LogP contribution in [0.5, 0.6) is 5.88 Å². The number of nitrogens with two attached hydrogens (primary N) is 1. The summed E-state index contributed by atoms with van der Waals surface area (Å²) in [6, 6.07) is 4.63. The van der Waals surface area contributed by atoms with E-state index >= 15 is 0 Å². The topological polar surface area (TPSA) is 113 Å². The van der Waals surface area contributed by atoms with Crippen LogP contribution in [0.3, 0.4) is 0 Å². The second-order valence-electron chi connectivity index (χ2n) is 5.93. The monoisotopic (exact) mass is 465 g/mol. The highest BCUT2D eigenvalue weighted by atomic mass is 79.9. The lowest BCUT2D eigenvalue weighted by molar-refractivity contribution is 0.0990. The third-order valence-corrected chi connectivity index (χ3v) is 4.59. The molecule has 0 atom stereocenters. The Bertz CT molecular complexity index is 1150. The molecule has 0 saturated carbocycles. The van der Waals surface area contributed by atoms with E-state index in [1.165, 1.54) is 22.9 Å². The molecule has 3 aromatic rings. The van der Waals surface area contributed by atoms with Gasteiger partial charge in [-0.05, 0) is 41.1 Å².